The van der Waals surface area contributed by atoms with E-state index in [0.29, 0.717) is 17.8 Å². The molecule has 0 aromatic carbocycles. The van der Waals surface area contributed by atoms with E-state index in [9.17, 15) is 4.79 Å². The van der Waals surface area contributed by atoms with Crippen molar-refractivity contribution in [1.29, 1.82) is 0 Å². The minimum atomic E-state index is -0.455. The monoisotopic (exact) mass is 265 g/mol. The van der Waals surface area contributed by atoms with E-state index in [4.69, 9.17) is 10.5 Å². The number of aromatic nitrogens is 2. The zero-order valence-electron chi connectivity index (χ0n) is 12.0. The quantitative estimate of drug-likeness (QED) is 0.853. The fourth-order valence-corrected chi connectivity index (χ4v) is 3.23. The largest absolute Gasteiger partial charge is 0.464 e. The summed E-state index contributed by atoms with van der Waals surface area (Å²) in [5, 5.41) is 0. The van der Waals surface area contributed by atoms with Crippen molar-refractivity contribution in [1.82, 2.24) is 9.55 Å². The molecule has 19 heavy (non-hydrogen) atoms. The molecule has 1 aromatic heterocycles. The Kier molecular flexibility index (Phi) is 4.12. The molecule has 2 atom stereocenters. The van der Waals surface area contributed by atoms with Crippen LogP contribution in [0.1, 0.15) is 61.4 Å². The van der Waals surface area contributed by atoms with Gasteiger partial charge in [-0.2, -0.15) is 0 Å². The van der Waals surface area contributed by atoms with E-state index in [-0.39, 0.29) is 5.69 Å². The number of nitrogens with zero attached hydrogens (tertiary/aromatic N) is 2. The number of nitrogens with two attached hydrogens (primary N) is 1. The lowest BCUT2D eigenvalue weighted by molar-refractivity contribution is 0.0595. The summed E-state index contributed by atoms with van der Waals surface area (Å²) in [7, 11) is 1.35. The average Bonchev–Trinajstić information content (AvgIpc) is 2.73. The zero-order chi connectivity index (χ0) is 14.0. The van der Waals surface area contributed by atoms with E-state index in [1.54, 1.807) is 0 Å². The molecule has 5 nitrogen and oxygen atoms in total. The van der Waals surface area contributed by atoms with Gasteiger partial charge in [-0.3, -0.25) is 0 Å². The van der Waals surface area contributed by atoms with Gasteiger partial charge in [-0.1, -0.05) is 26.2 Å². The van der Waals surface area contributed by atoms with Gasteiger partial charge in [0.25, 0.3) is 0 Å². The maximum Gasteiger partial charge on any atom is 0.360 e. The summed E-state index contributed by atoms with van der Waals surface area (Å²) in [6, 6.07) is 0.365. The van der Waals surface area contributed by atoms with Gasteiger partial charge in [0.2, 0.25) is 0 Å². The molecule has 1 saturated carbocycles. The number of methoxy groups -OCH3 is 1. The van der Waals surface area contributed by atoms with Crippen LogP contribution >= 0.6 is 0 Å². The topological polar surface area (TPSA) is 70.1 Å². The first-order chi connectivity index (χ1) is 9.10. The molecular formula is C14H23N3O2. The fourth-order valence-electron chi connectivity index (χ4n) is 3.23. The van der Waals surface area contributed by atoms with E-state index < -0.39 is 5.97 Å². The molecule has 2 unspecified atom stereocenters. The molecule has 0 saturated heterocycles. The van der Waals surface area contributed by atoms with Crippen LogP contribution in [0, 0.1) is 12.8 Å². The highest BCUT2D eigenvalue weighted by Crippen LogP contribution is 2.38. The van der Waals surface area contributed by atoms with Gasteiger partial charge in [0, 0.05) is 6.04 Å². The van der Waals surface area contributed by atoms with Gasteiger partial charge in [-0.25, -0.2) is 9.78 Å². The highest BCUT2D eigenvalue weighted by molar-refractivity contribution is 5.92. The Labute approximate surface area is 114 Å². The number of carbonyl (C=O) groups is 1. The van der Waals surface area contributed by atoms with Crippen LogP contribution in [0.15, 0.2) is 0 Å². The van der Waals surface area contributed by atoms with E-state index in [2.05, 4.69) is 11.9 Å². The number of nitrogen functional groups attached to an aromatic ring is 1. The lowest BCUT2D eigenvalue weighted by Crippen LogP contribution is -2.25. The number of anilines is 1. The maximum absolute atomic E-state index is 11.7. The van der Waals surface area contributed by atoms with Crippen LogP contribution in [-0.4, -0.2) is 22.6 Å². The van der Waals surface area contributed by atoms with Crippen LogP contribution in [0.4, 0.5) is 5.82 Å². The maximum atomic E-state index is 11.7. The van der Waals surface area contributed by atoms with Crippen molar-refractivity contribution in [3.63, 3.8) is 0 Å². The zero-order valence-corrected chi connectivity index (χ0v) is 12.0. The molecule has 0 spiro atoms. The van der Waals surface area contributed by atoms with Gasteiger partial charge in [-0.05, 0) is 25.7 Å². The summed E-state index contributed by atoms with van der Waals surface area (Å²) in [6.45, 7) is 4.12. The smallest absolute Gasteiger partial charge is 0.360 e. The van der Waals surface area contributed by atoms with E-state index in [1.165, 1.54) is 26.4 Å². The third-order valence-electron chi connectivity index (χ3n) is 4.23. The normalized spacial score (nSPS) is 23.3. The first kappa shape index (κ1) is 13.9. The molecule has 1 heterocycles. The summed E-state index contributed by atoms with van der Waals surface area (Å²) in [5.41, 5.74) is 6.38. The van der Waals surface area contributed by atoms with Gasteiger partial charge >= 0.3 is 5.97 Å². The van der Waals surface area contributed by atoms with Crippen molar-refractivity contribution in [2.75, 3.05) is 12.8 Å². The number of esters is 1. The number of ether oxygens (including phenoxy) is 1. The predicted molar refractivity (Wildman–Crippen MR) is 74.0 cm³/mol. The highest BCUT2D eigenvalue weighted by atomic mass is 16.5. The lowest BCUT2D eigenvalue weighted by atomic mass is 9.82. The van der Waals surface area contributed by atoms with Gasteiger partial charge in [0.15, 0.2) is 5.69 Å². The number of hydrogen-bond donors (Lipinski definition) is 1. The summed E-state index contributed by atoms with van der Waals surface area (Å²) in [6.07, 6.45) is 5.97. The number of imidazole rings is 1. The second kappa shape index (κ2) is 5.63. The number of hydrogen-bond acceptors (Lipinski definition) is 4. The summed E-state index contributed by atoms with van der Waals surface area (Å²) >= 11 is 0. The number of aryl methyl sites for hydroxylation is 1. The Balaban J connectivity index is 2.38. The second-order valence-corrected chi connectivity index (χ2v) is 5.27. The molecule has 2 rings (SSSR count). The molecule has 0 amide bonds. The molecule has 106 valence electrons. The number of carbonyl (C=O) groups excluding carboxylic acids is 1. The molecular weight excluding hydrogens is 242 g/mol. The van der Waals surface area contributed by atoms with Crippen molar-refractivity contribution in [3.8, 4) is 0 Å². The Morgan fingerprint density at radius 2 is 2.16 bits per heavy atom. The van der Waals surface area contributed by atoms with Crippen LogP contribution in [0.3, 0.4) is 0 Å². The van der Waals surface area contributed by atoms with Crippen molar-refractivity contribution < 1.29 is 9.53 Å². The highest BCUT2D eigenvalue weighted by Gasteiger charge is 2.30. The van der Waals surface area contributed by atoms with Crippen LogP contribution in [0.5, 0.6) is 0 Å². The standard InChI is InChI=1S/C14H23N3O2/c1-4-10-7-5-6-8-11(10)17-9(2)16-12(13(17)15)14(18)19-3/h10-11H,4-8,15H2,1-3H3. The first-order valence-electron chi connectivity index (χ1n) is 7.02. The van der Waals surface area contributed by atoms with Crippen molar-refractivity contribution in [2.45, 2.75) is 52.0 Å². The van der Waals surface area contributed by atoms with Crippen LogP contribution < -0.4 is 5.73 Å². The van der Waals surface area contributed by atoms with Crippen molar-refractivity contribution >= 4 is 11.8 Å². The third kappa shape index (κ3) is 2.46. The van der Waals surface area contributed by atoms with Gasteiger partial charge in [-0.15, -0.1) is 0 Å². The average molecular weight is 265 g/mol. The molecule has 1 fully saturated rings. The number of rotatable bonds is 3. The Morgan fingerprint density at radius 3 is 2.79 bits per heavy atom. The SMILES string of the molecule is CCC1CCCCC1n1c(C)nc(C(=O)OC)c1N. The van der Waals surface area contributed by atoms with Gasteiger partial charge < -0.3 is 15.0 Å². The molecule has 1 aromatic rings. The molecule has 1 aliphatic carbocycles. The predicted octanol–water partition coefficient (Wildman–Crippen LogP) is 2.70. The van der Waals surface area contributed by atoms with Crippen LogP contribution in [0.2, 0.25) is 0 Å². The Hall–Kier alpha value is -1.52. The molecule has 0 aliphatic heterocycles. The van der Waals surface area contributed by atoms with Gasteiger partial charge in [0.05, 0.1) is 7.11 Å². The Morgan fingerprint density at radius 1 is 1.47 bits per heavy atom. The minimum Gasteiger partial charge on any atom is -0.464 e. The van der Waals surface area contributed by atoms with Gasteiger partial charge in [0.1, 0.15) is 11.6 Å². The molecule has 0 radical (unpaired) electrons. The van der Waals surface area contributed by atoms with E-state index >= 15 is 0 Å². The van der Waals surface area contributed by atoms with Crippen molar-refractivity contribution in [2.24, 2.45) is 5.92 Å². The Bertz CT molecular complexity index is 468. The minimum absolute atomic E-state index is 0.250. The summed E-state index contributed by atoms with van der Waals surface area (Å²) in [5.74, 6) is 1.43. The first-order valence-corrected chi connectivity index (χ1v) is 7.02. The molecule has 5 heteroatoms. The molecule has 2 N–H and O–H groups in total. The summed E-state index contributed by atoms with van der Waals surface area (Å²) < 4.78 is 6.77. The van der Waals surface area contributed by atoms with Crippen LogP contribution in [-0.2, 0) is 4.74 Å². The second-order valence-electron chi connectivity index (χ2n) is 5.27. The third-order valence-corrected chi connectivity index (χ3v) is 4.23. The summed E-state index contributed by atoms with van der Waals surface area (Å²) in [4.78, 5) is 15.9. The van der Waals surface area contributed by atoms with E-state index in [1.807, 2.05) is 11.5 Å². The van der Waals surface area contributed by atoms with E-state index in [0.717, 1.165) is 18.7 Å². The lowest BCUT2D eigenvalue weighted by Gasteiger charge is -2.33. The molecule has 0 bridgehead atoms. The van der Waals surface area contributed by atoms with Crippen LogP contribution in [0.25, 0.3) is 0 Å². The molecule has 1 aliphatic rings. The fraction of sp³-hybridized carbons (Fsp3) is 0.714. The van der Waals surface area contributed by atoms with Crippen molar-refractivity contribution in [3.05, 3.63) is 11.5 Å².